The fraction of sp³-hybridized carbons (Fsp3) is 0.385. The standard InChI is InChI=1S/C13H15NO5/c15-12(16)6-14(7-13(17)18)5-9-8-19-11-4-2-1-3-10(9)11/h1-4,9H,5-8H2,(H,15,16)(H,17,18). The molecule has 1 atom stereocenters. The van der Waals surface area contributed by atoms with Crippen molar-refractivity contribution in [1.82, 2.24) is 4.90 Å². The summed E-state index contributed by atoms with van der Waals surface area (Å²) in [7, 11) is 0. The quantitative estimate of drug-likeness (QED) is 0.784. The van der Waals surface area contributed by atoms with E-state index in [1.54, 1.807) is 0 Å². The number of benzene rings is 1. The second-order valence-electron chi connectivity index (χ2n) is 4.50. The van der Waals surface area contributed by atoms with Crippen molar-refractivity contribution >= 4 is 11.9 Å². The van der Waals surface area contributed by atoms with E-state index < -0.39 is 11.9 Å². The number of carbonyl (C=O) groups is 2. The van der Waals surface area contributed by atoms with Crippen LogP contribution in [0, 0.1) is 0 Å². The van der Waals surface area contributed by atoms with Crippen LogP contribution in [0.25, 0.3) is 0 Å². The molecule has 19 heavy (non-hydrogen) atoms. The van der Waals surface area contributed by atoms with Gasteiger partial charge in [0.15, 0.2) is 0 Å². The van der Waals surface area contributed by atoms with Crippen LogP contribution >= 0.6 is 0 Å². The first-order valence-electron chi connectivity index (χ1n) is 5.94. The highest BCUT2D eigenvalue weighted by atomic mass is 16.5. The molecule has 2 rings (SSSR count). The van der Waals surface area contributed by atoms with Crippen molar-refractivity contribution in [2.45, 2.75) is 5.92 Å². The molecule has 0 saturated heterocycles. The molecule has 1 aliphatic heterocycles. The van der Waals surface area contributed by atoms with E-state index in [2.05, 4.69) is 0 Å². The third kappa shape index (κ3) is 3.45. The van der Waals surface area contributed by atoms with Crippen molar-refractivity contribution in [1.29, 1.82) is 0 Å². The number of ether oxygens (including phenoxy) is 1. The van der Waals surface area contributed by atoms with Crippen LogP contribution in [-0.4, -0.2) is 53.3 Å². The second-order valence-corrected chi connectivity index (χ2v) is 4.50. The summed E-state index contributed by atoms with van der Waals surface area (Å²) in [5, 5.41) is 17.6. The molecule has 1 aliphatic rings. The van der Waals surface area contributed by atoms with E-state index in [4.69, 9.17) is 14.9 Å². The minimum absolute atomic E-state index is 0.00917. The van der Waals surface area contributed by atoms with Gasteiger partial charge in [-0.25, -0.2) is 0 Å². The molecular weight excluding hydrogens is 250 g/mol. The zero-order chi connectivity index (χ0) is 13.8. The summed E-state index contributed by atoms with van der Waals surface area (Å²) < 4.78 is 5.50. The van der Waals surface area contributed by atoms with Gasteiger partial charge in [0, 0.05) is 18.0 Å². The molecule has 1 unspecified atom stereocenters. The lowest BCUT2D eigenvalue weighted by molar-refractivity contribution is -0.141. The Kier molecular flexibility index (Phi) is 4.01. The molecule has 0 bridgehead atoms. The van der Waals surface area contributed by atoms with Crippen LogP contribution in [0.15, 0.2) is 24.3 Å². The summed E-state index contributed by atoms with van der Waals surface area (Å²) in [6, 6.07) is 7.54. The fourth-order valence-electron chi connectivity index (χ4n) is 2.26. The fourth-order valence-corrected chi connectivity index (χ4v) is 2.26. The van der Waals surface area contributed by atoms with Crippen molar-refractivity contribution in [3.8, 4) is 5.75 Å². The van der Waals surface area contributed by atoms with Crippen molar-refractivity contribution in [3.63, 3.8) is 0 Å². The highest BCUT2D eigenvalue weighted by Gasteiger charge is 2.27. The van der Waals surface area contributed by atoms with E-state index >= 15 is 0 Å². The number of rotatable bonds is 6. The van der Waals surface area contributed by atoms with Crippen LogP contribution < -0.4 is 4.74 Å². The van der Waals surface area contributed by atoms with Crippen LogP contribution in [0.5, 0.6) is 5.75 Å². The number of hydrogen-bond acceptors (Lipinski definition) is 4. The predicted molar refractivity (Wildman–Crippen MR) is 66.4 cm³/mol. The average Bonchev–Trinajstić information content (AvgIpc) is 2.71. The summed E-state index contributed by atoms with van der Waals surface area (Å²) >= 11 is 0. The Morgan fingerprint density at radius 3 is 2.47 bits per heavy atom. The molecular formula is C13H15NO5. The largest absolute Gasteiger partial charge is 0.493 e. The van der Waals surface area contributed by atoms with E-state index in [0.29, 0.717) is 13.2 Å². The van der Waals surface area contributed by atoms with Gasteiger partial charge >= 0.3 is 11.9 Å². The smallest absolute Gasteiger partial charge is 0.317 e. The lowest BCUT2D eigenvalue weighted by Crippen LogP contribution is -2.37. The number of carboxylic acid groups (broad SMARTS) is 2. The first-order chi connectivity index (χ1) is 9.06. The van der Waals surface area contributed by atoms with Crippen LogP contribution in [0.4, 0.5) is 0 Å². The molecule has 1 heterocycles. The maximum atomic E-state index is 10.7. The van der Waals surface area contributed by atoms with E-state index in [-0.39, 0.29) is 19.0 Å². The molecule has 0 saturated carbocycles. The summed E-state index contributed by atoms with van der Waals surface area (Å²) in [5.74, 6) is -1.27. The Balaban J connectivity index is 2.05. The zero-order valence-electron chi connectivity index (χ0n) is 10.3. The van der Waals surface area contributed by atoms with Gasteiger partial charge in [0.05, 0.1) is 19.7 Å². The molecule has 1 aromatic rings. The summed E-state index contributed by atoms with van der Waals surface area (Å²) in [4.78, 5) is 22.9. The van der Waals surface area contributed by atoms with Crippen molar-refractivity contribution < 1.29 is 24.5 Å². The molecule has 0 radical (unpaired) electrons. The minimum Gasteiger partial charge on any atom is -0.493 e. The SMILES string of the molecule is O=C(O)CN(CC(=O)O)CC1COc2ccccc21. The molecule has 0 spiro atoms. The van der Waals surface area contributed by atoms with Gasteiger partial charge < -0.3 is 14.9 Å². The monoisotopic (exact) mass is 265 g/mol. The average molecular weight is 265 g/mol. The highest BCUT2D eigenvalue weighted by Crippen LogP contribution is 2.33. The number of nitrogens with zero attached hydrogens (tertiary/aromatic N) is 1. The predicted octanol–water partition coefficient (Wildman–Crippen LogP) is 0.634. The van der Waals surface area contributed by atoms with E-state index in [1.165, 1.54) is 4.90 Å². The van der Waals surface area contributed by atoms with Crippen LogP contribution in [0.2, 0.25) is 0 Å². The Bertz CT molecular complexity index is 472. The Morgan fingerprint density at radius 2 is 1.84 bits per heavy atom. The molecule has 1 aromatic carbocycles. The third-order valence-electron chi connectivity index (χ3n) is 3.00. The molecule has 0 aromatic heterocycles. The highest BCUT2D eigenvalue weighted by molar-refractivity contribution is 5.72. The Morgan fingerprint density at radius 1 is 1.21 bits per heavy atom. The van der Waals surface area contributed by atoms with Gasteiger partial charge in [0.1, 0.15) is 5.75 Å². The maximum absolute atomic E-state index is 10.7. The first kappa shape index (κ1) is 13.4. The summed E-state index contributed by atoms with van der Waals surface area (Å²) in [5.41, 5.74) is 1.00. The van der Waals surface area contributed by atoms with Gasteiger partial charge in [-0.3, -0.25) is 14.5 Å². The normalized spacial score (nSPS) is 17.0. The van der Waals surface area contributed by atoms with Gasteiger partial charge in [-0.15, -0.1) is 0 Å². The van der Waals surface area contributed by atoms with Gasteiger partial charge in [-0.2, -0.15) is 0 Å². The molecule has 6 nitrogen and oxygen atoms in total. The van der Waals surface area contributed by atoms with E-state index in [9.17, 15) is 9.59 Å². The van der Waals surface area contributed by atoms with Crippen molar-refractivity contribution in [2.75, 3.05) is 26.2 Å². The molecule has 2 N–H and O–H groups in total. The molecule has 102 valence electrons. The van der Waals surface area contributed by atoms with E-state index in [0.717, 1.165) is 11.3 Å². The minimum atomic E-state index is -1.03. The van der Waals surface area contributed by atoms with Crippen LogP contribution in [-0.2, 0) is 9.59 Å². The molecule has 0 amide bonds. The molecule has 6 heteroatoms. The molecule has 0 aliphatic carbocycles. The van der Waals surface area contributed by atoms with Gasteiger partial charge in [-0.05, 0) is 6.07 Å². The van der Waals surface area contributed by atoms with Crippen LogP contribution in [0.3, 0.4) is 0 Å². The summed E-state index contributed by atoms with van der Waals surface area (Å²) in [6.07, 6.45) is 0. The molecule has 0 fully saturated rings. The number of fused-ring (bicyclic) bond motifs is 1. The Hall–Kier alpha value is -2.08. The van der Waals surface area contributed by atoms with Gasteiger partial charge in [0.25, 0.3) is 0 Å². The maximum Gasteiger partial charge on any atom is 0.317 e. The van der Waals surface area contributed by atoms with Crippen LogP contribution in [0.1, 0.15) is 11.5 Å². The van der Waals surface area contributed by atoms with Gasteiger partial charge in [0.2, 0.25) is 0 Å². The second kappa shape index (κ2) is 5.71. The van der Waals surface area contributed by atoms with Crippen molar-refractivity contribution in [2.24, 2.45) is 0 Å². The number of hydrogen-bond donors (Lipinski definition) is 2. The summed E-state index contributed by atoms with van der Waals surface area (Å²) in [6.45, 7) is 0.237. The van der Waals surface area contributed by atoms with Crippen molar-refractivity contribution in [3.05, 3.63) is 29.8 Å². The lowest BCUT2D eigenvalue weighted by Gasteiger charge is -2.21. The topological polar surface area (TPSA) is 87.1 Å². The van der Waals surface area contributed by atoms with Gasteiger partial charge in [-0.1, -0.05) is 18.2 Å². The third-order valence-corrected chi connectivity index (χ3v) is 3.00. The zero-order valence-corrected chi connectivity index (χ0v) is 10.3. The van der Waals surface area contributed by atoms with E-state index in [1.807, 2.05) is 24.3 Å². The lowest BCUT2D eigenvalue weighted by atomic mass is 10.0. The number of carboxylic acids is 2. The number of para-hydroxylation sites is 1. The first-order valence-corrected chi connectivity index (χ1v) is 5.94. The Labute approximate surface area is 110 Å². The number of aliphatic carboxylic acids is 2.